The smallest absolute Gasteiger partial charge is 0.310 e. The molecule has 0 atom stereocenters. The number of hydrogen-bond acceptors (Lipinski definition) is 6. The normalized spacial score (nSPS) is 11.2. The number of nitrogens with one attached hydrogen (secondary N) is 1. The minimum Gasteiger partial charge on any atom is -0.493 e. The number of carbonyl (C=O) groups is 1. The summed E-state index contributed by atoms with van der Waals surface area (Å²) in [6, 6.07) is 9.17. The summed E-state index contributed by atoms with van der Waals surface area (Å²) in [5, 5.41) is 28.8. The fourth-order valence-corrected chi connectivity index (χ4v) is 3.62. The number of nitro groups is 1. The lowest BCUT2D eigenvalue weighted by Crippen LogP contribution is -2.09. The predicted octanol–water partition coefficient (Wildman–Crippen LogP) is 5.00. The lowest BCUT2D eigenvalue weighted by atomic mass is 10.2. The molecule has 0 bridgehead atoms. The molecule has 1 heterocycles. The summed E-state index contributed by atoms with van der Waals surface area (Å²) in [5.74, 6) is -1.07. The van der Waals surface area contributed by atoms with Crippen molar-refractivity contribution in [3.63, 3.8) is 0 Å². The maximum absolute atomic E-state index is 11.9. The van der Waals surface area contributed by atoms with E-state index in [1.165, 1.54) is 18.2 Å². The van der Waals surface area contributed by atoms with Gasteiger partial charge in [-0.15, -0.1) is 10.2 Å². The Morgan fingerprint density at radius 2 is 2.04 bits per heavy atom. The van der Waals surface area contributed by atoms with Gasteiger partial charge in [0.2, 0.25) is 5.88 Å². The number of H-pyrrole nitrogens is 1. The molecule has 0 saturated heterocycles. The number of hydrogen-bond donors (Lipinski definition) is 2. The summed E-state index contributed by atoms with van der Waals surface area (Å²) in [6.07, 6.45) is 0. The van der Waals surface area contributed by atoms with E-state index < -0.39 is 17.4 Å². The number of amides is 1. The second kappa shape index (κ2) is 7.84. The van der Waals surface area contributed by atoms with Gasteiger partial charge in [0.1, 0.15) is 0 Å². The average molecular weight is 498 g/mol. The first-order valence-electron chi connectivity index (χ1n) is 7.37. The highest BCUT2D eigenvalue weighted by atomic mass is 79.9. The van der Waals surface area contributed by atoms with Crippen LogP contribution in [0.15, 0.2) is 55.6 Å². The number of fused-ring (bicyclic) bond motifs is 1. The second-order valence-electron chi connectivity index (χ2n) is 5.24. The van der Waals surface area contributed by atoms with Crippen LogP contribution >= 0.6 is 31.9 Å². The molecular weight excluding hydrogens is 488 g/mol. The molecular formula is C16H10Br2N4O5. The number of aromatic amines is 1. The number of halogens is 2. The number of ether oxygens (including phenoxy) is 1. The van der Waals surface area contributed by atoms with E-state index in [0.29, 0.717) is 15.4 Å². The van der Waals surface area contributed by atoms with E-state index in [-0.39, 0.29) is 23.0 Å². The number of aromatic nitrogens is 1. The molecule has 3 rings (SSSR count). The van der Waals surface area contributed by atoms with Crippen molar-refractivity contribution in [2.24, 2.45) is 10.2 Å². The topological polar surface area (TPSA) is 130 Å². The van der Waals surface area contributed by atoms with Gasteiger partial charge < -0.3 is 14.8 Å². The van der Waals surface area contributed by atoms with E-state index >= 15 is 0 Å². The first-order chi connectivity index (χ1) is 12.9. The Hall–Kier alpha value is -2.79. The Morgan fingerprint density at radius 1 is 1.30 bits per heavy atom. The number of benzene rings is 2. The zero-order chi connectivity index (χ0) is 19.6. The van der Waals surface area contributed by atoms with Crippen LogP contribution in [-0.2, 0) is 4.79 Å². The number of rotatable bonds is 5. The van der Waals surface area contributed by atoms with Gasteiger partial charge in [-0.25, -0.2) is 0 Å². The highest BCUT2D eigenvalue weighted by Gasteiger charge is 2.16. The van der Waals surface area contributed by atoms with Gasteiger partial charge in [-0.05, 0) is 34.1 Å². The largest absolute Gasteiger partial charge is 0.493 e. The first-order valence-corrected chi connectivity index (χ1v) is 8.96. The van der Waals surface area contributed by atoms with Crippen molar-refractivity contribution in [3.8, 4) is 11.6 Å². The number of nitro benzene ring substituents is 1. The summed E-state index contributed by atoms with van der Waals surface area (Å²) >= 11 is 6.69. The van der Waals surface area contributed by atoms with Crippen LogP contribution in [0.3, 0.4) is 0 Å². The highest BCUT2D eigenvalue weighted by molar-refractivity contribution is 9.11. The molecule has 0 radical (unpaired) electrons. The van der Waals surface area contributed by atoms with Crippen molar-refractivity contribution in [3.05, 3.63) is 55.5 Å². The van der Waals surface area contributed by atoms with Gasteiger partial charge in [0.15, 0.2) is 18.0 Å². The molecule has 9 nitrogen and oxygen atoms in total. The molecule has 0 spiro atoms. The number of carbonyl (C=O) groups excluding carboxylic acids is 1. The number of azo groups is 1. The fraction of sp³-hybridized carbons (Fsp3) is 0.0625. The lowest BCUT2D eigenvalue weighted by molar-refractivity contribution is -0.385. The van der Waals surface area contributed by atoms with Gasteiger partial charge in [-0.3, -0.25) is 14.9 Å². The molecule has 3 aromatic rings. The van der Waals surface area contributed by atoms with Crippen molar-refractivity contribution in [1.29, 1.82) is 0 Å². The van der Waals surface area contributed by atoms with Crippen LogP contribution in [0.25, 0.3) is 10.9 Å². The van der Waals surface area contributed by atoms with Crippen LogP contribution in [-0.4, -0.2) is 27.5 Å². The van der Waals surface area contributed by atoms with E-state index in [1.807, 2.05) is 0 Å². The summed E-state index contributed by atoms with van der Waals surface area (Å²) in [5.41, 5.74) is 0.422. The van der Waals surface area contributed by atoms with Crippen LogP contribution in [0.2, 0.25) is 0 Å². The summed E-state index contributed by atoms with van der Waals surface area (Å²) in [4.78, 5) is 25.0. The molecule has 0 unspecified atom stereocenters. The minimum atomic E-state index is -0.768. The monoisotopic (exact) mass is 496 g/mol. The molecule has 0 aliphatic rings. The molecule has 1 aromatic heterocycles. The Labute approximate surface area is 168 Å². The van der Waals surface area contributed by atoms with Gasteiger partial charge >= 0.3 is 11.6 Å². The zero-order valence-corrected chi connectivity index (χ0v) is 16.5. The van der Waals surface area contributed by atoms with Gasteiger partial charge in [0.05, 0.1) is 10.4 Å². The maximum Gasteiger partial charge on any atom is 0.310 e. The minimum absolute atomic E-state index is 0.0474. The van der Waals surface area contributed by atoms with Crippen molar-refractivity contribution in [2.75, 3.05) is 6.61 Å². The van der Waals surface area contributed by atoms with Gasteiger partial charge in [0, 0.05) is 20.4 Å². The first kappa shape index (κ1) is 19.0. The number of para-hydroxylation sites is 2. The zero-order valence-electron chi connectivity index (χ0n) is 13.3. The van der Waals surface area contributed by atoms with Crippen molar-refractivity contribution < 1.29 is 19.6 Å². The molecule has 138 valence electrons. The average Bonchev–Trinajstić information content (AvgIpc) is 2.94. The third kappa shape index (κ3) is 4.14. The molecule has 1 amide bonds. The fourth-order valence-electron chi connectivity index (χ4n) is 2.30. The molecule has 0 fully saturated rings. The molecule has 11 heteroatoms. The quantitative estimate of drug-likeness (QED) is 0.291. The summed E-state index contributed by atoms with van der Waals surface area (Å²) in [7, 11) is 0. The SMILES string of the molecule is O=C(COc1ccccc1[N+](=O)[O-])N=Nc1c(O)[nH]c2c(Br)cc(Br)cc12. The lowest BCUT2D eigenvalue weighted by Gasteiger charge is -2.03. The van der Waals surface area contributed by atoms with Gasteiger partial charge in [-0.2, -0.15) is 0 Å². The van der Waals surface area contributed by atoms with Crippen LogP contribution in [0.4, 0.5) is 11.4 Å². The predicted molar refractivity (Wildman–Crippen MR) is 103 cm³/mol. The van der Waals surface area contributed by atoms with Crippen LogP contribution in [0.1, 0.15) is 0 Å². The van der Waals surface area contributed by atoms with Crippen molar-refractivity contribution >= 4 is 60.0 Å². The van der Waals surface area contributed by atoms with E-state index in [0.717, 1.165) is 4.47 Å². The standard InChI is InChI=1S/C16H10Br2N4O5/c17-8-5-9-14(10(18)6-8)19-16(24)15(9)21-20-13(23)7-27-12-4-2-1-3-11(12)22(25)26/h1-6,19,24H,7H2. The molecule has 0 aliphatic heterocycles. The van der Waals surface area contributed by atoms with Crippen LogP contribution in [0.5, 0.6) is 11.6 Å². The van der Waals surface area contributed by atoms with E-state index in [9.17, 15) is 20.0 Å². The summed E-state index contributed by atoms with van der Waals surface area (Å²) < 4.78 is 6.58. The molecule has 2 N–H and O–H groups in total. The van der Waals surface area contributed by atoms with Crippen LogP contribution < -0.4 is 4.74 Å². The Balaban J connectivity index is 1.77. The third-order valence-corrected chi connectivity index (χ3v) is 4.54. The van der Waals surface area contributed by atoms with Crippen molar-refractivity contribution in [1.82, 2.24) is 4.98 Å². The second-order valence-corrected chi connectivity index (χ2v) is 7.01. The van der Waals surface area contributed by atoms with Crippen molar-refractivity contribution in [2.45, 2.75) is 0 Å². The number of nitrogens with zero attached hydrogens (tertiary/aromatic N) is 3. The highest BCUT2D eigenvalue weighted by Crippen LogP contribution is 2.40. The molecule has 27 heavy (non-hydrogen) atoms. The third-order valence-electron chi connectivity index (χ3n) is 3.45. The maximum atomic E-state index is 11.9. The van der Waals surface area contributed by atoms with Crippen LogP contribution in [0, 0.1) is 10.1 Å². The van der Waals surface area contributed by atoms with Gasteiger partial charge in [0.25, 0.3) is 0 Å². The Morgan fingerprint density at radius 3 is 2.78 bits per heavy atom. The molecule has 2 aromatic carbocycles. The van der Waals surface area contributed by atoms with E-state index in [1.54, 1.807) is 18.2 Å². The number of aromatic hydroxyl groups is 1. The Bertz CT molecular complexity index is 1080. The van der Waals surface area contributed by atoms with Gasteiger partial charge in [-0.1, -0.05) is 28.1 Å². The molecule has 0 aliphatic carbocycles. The summed E-state index contributed by atoms with van der Waals surface area (Å²) in [6.45, 7) is -0.537. The Kier molecular flexibility index (Phi) is 5.51. The van der Waals surface area contributed by atoms with E-state index in [2.05, 4.69) is 47.1 Å². The molecule has 0 saturated carbocycles. The van der Waals surface area contributed by atoms with E-state index in [4.69, 9.17) is 4.74 Å².